The lowest BCUT2D eigenvalue weighted by Gasteiger charge is -2.30. The summed E-state index contributed by atoms with van der Waals surface area (Å²) in [5, 5.41) is 3.02. The van der Waals surface area contributed by atoms with Crippen LogP contribution in [0.1, 0.15) is 57.8 Å². The first-order valence-corrected chi connectivity index (χ1v) is 7.20. The average Bonchev–Trinajstić information content (AvgIpc) is 3.22. The highest BCUT2D eigenvalue weighted by atomic mass is 16.2. The van der Waals surface area contributed by atoms with Gasteiger partial charge in [0.1, 0.15) is 5.54 Å². The summed E-state index contributed by atoms with van der Waals surface area (Å²) in [5.41, 5.74) is 5.15. The Morgan fingerprint density at radius 2 is 1.61 bits per heavy atom. The van der Waals surface area contributed by atoms with E-state index in [1.54, 1.807) is 0 Å². The summed E-state index contributed by atoms with van der Waals surface area (Å²) >= 11 is 0. The Labute approximate surface area is 108 Å². The molecule has 18 heavy (non-hydrogen) atoms. The molecular weight excluding hydrogens is 228 g/mol. The molecule has 0 aromatic rings. The van der Waals surface area contributed by atoms with E-state index < -0.39 is 5.54 Å². The summed E-state index contributed by atoms with van der Waals surface area (Å²) in [6.07, 6.45) is 9.08. The van der Waals surface area contributed by atoms with Crippen LogP contribution in [0.25, 0.3) is 0 Å². The van der Waals surface area contributed by atoms with Gasteiger partial charge >= 0.3 is 0 Å². The first kappa shape index (κ1) is 12.0. The fourth-order valence-corrected chi connectivity index (χ4v) is 3.52. The third kappa shape index (κ3) is 1.91. The van der Waals surface area contributed by atoms with Crippen molar-refractivity contribution in [1.82, 2.24) is 5.32 Å². The number of amides is 2. The maximum absolute atomic E-state index is 12.2. The summed E-state index contributed by atoms with van der Waals surface area (Å²) in [6, 6.07) is 0. The lowest BCUT2D eigenvalue weighted by Crippen LogP contribution is -2.57. The smallest absolute Gasteiger partial charge is 0.243 e. The number of hydrogen-bond acceptors (Lipinski definition) is 2. The second-order valence-electron chi connectivity index (χ2n) is 6.47. The first-order chi connectivity index (χ1) is 8.58. The van der Waals surface area contributed by atoms with Gasteiger partial charge < -0.3 is 11.1 Å². The maximum Gasteiger partial charge on any atom is 0.243 e. The van der Waals surface area contributed by atoms with Crippen LogP contribution in [0.3, 0.4) is 0 Å². The summed E-state index contributed by atoms with van der Waals surface area (Å²) in [4.78, 5) is 24.0. The Hall–Kier alpha value is -1.06. The van der Waals surface area contributed by atoms with Gasteiger partial charge in [0.2, 0.25) is 11.8 Å². The van der Waals surface area contributed by atoms with E-state index in [0.717, 1.165) is 32.1 Å². The molecule has 1 atom stereocenters. The van der Waals surface area contributed by atoms with Crippen molar-refractivity contribution >= 4 is 11.8 Å². The quantitative estimate of drug-likeness (QED) is 0.745. The van der Waals surface area contributed by atoms with E-state index in [2.05, 4.69) is 5.32 Å². The standard InChI is InChI=1S/C14H22N2O2/c15-12(18)14(5-3-1-2-4-6-14)16-11(17)10-9-13(10)7-8-13/h10H,1-9H2,(H2,15,18)(H,16,17)/t10-/m0/s1. The van der Waals surface area contributed by atoms with Gasteiger partial charge in [-0.2, -0.15) is 0 Å². The van der Waals surface area contributed by atoms with E-state index in [1.807, 2.05) is 0 Å². The zero-order valence-electron chi connectivity index (χ0n) is 10.8. The van der Waals surface area contributed by atoms with E-state index in [0.29, 0.717) is 18.3 Å². The average molecular weight is 250 g/mol. The molecule has 3 aliphatic rings. The SMILES string of the molecule is NC(=O)C1(NC(=O)[C@@H]2CC23CC3)CCCCCC1. The number of rotatable bonds is 3. The Morgan fingerprint density at radius 3 is 2.06 bits per heavy atom. The van der Waals surface area contributed by atoms with Gasteiger partial charge in [-0.25, -0.2) is 0 Å². The fourth-order valence-electron chi connectivity index (χ4n) is 3.52. The van der Waals surface area contributed by atoms with Gasteiger partial charge in [0.25, 0.3) is 0 Å². The number of carbonyl (C=O) groups excluding carboxylic acids is 2. The minimum atomic E-state index is -0.758. The normalized spacial score (nSPS) is 31.4. The van der Waals surface area contributed by atoms with Crippen LogP contribution in [-0.4, -0.2) is 17.4 Å². The molecule has 3 fully saturated rings. The topological polar surface area (TPSA) is 72.2 Å². The lowest BCUT2D eigenvalue weighted by atomic mass is 9.89. The minimum Gasteiger partial charge on any atom is -0.368 e. The molecule has 0 heterocycles. The number of nitrogens with one attached hydrogen (secondary N) is 1. The van der Waals surface area contributed by atoms with Gasteiger partial charge in [0, 0.05) is 5.92 Å². The Bertz CT molecular complexity index is 379. The molecule has 0 radical (unpaired) electrons. The highest BCUT2D eigenvalue weighted by Gasteiger charge is 2.66. The second kappa shape index (κ2) is 3.97. The molecule has 0 aromatic heterocycles. The minimum absolute atomic E-state index is 0.0770. The van der Waals surface area contributed by atoms with Crippen LogP contribution < -0.4 is 11.1 Å². The molecule has 0 unspecified atom stereocenters. The third-order valence-electron chi connectivity index (χ3n) is 5.19. The van der Waals surface area contributed by atoms with Crippen molar-refractivity contribution in [3.05, 3.63) is 0 Å². The van der Waals surface area contributed by atoms with Crippen LogP contribution in [0.15, 0.2) is 0 Å². The van der Waals surface area contributed by atoms with Crippen molar-refractivity contribution in [3.8, 4) is 0 Å². The summed E-state index contributed by atoms with van der Waals surface area (Å²) in [7, 11) is 0. The molecule has 4 heteroatoms. The van der Waals surface area contributed by atoms with E-state index in [9.17, 15) is 9.59 Å². The van der Waals surface area contributed by atoms with Gasteiger partial charge in [0.15, 0.2) is 0 Å². The van der Waals surface area contributed by atoms with Crippen molar-refractivity contribution in [2.24, 2.45) is 17.1 Å². The number of nitrogens with two attached hydrogens (primary N) is 1. The van der Waals surface area contributed by atoms with Gasteiger partial charge in [-0.3, -0.25) is 9.59 Å². The van der Waals surface area contributed by atoms with E-state index in [-0.39, 0.29) is 17.7 Å². The number of primary amides is 1. The highest BCUT2D eigenvalue weighted by molar-refractivity contribution is 5.92. The highest BCUT2D eigenvalue weighted by Crippen LogP contribution is 2.70. The molecule has 0 aromatic carbocycles. The Kier molecular flexibility index (Phi) is 2.65. The van der Waals surface area contributed by atoms with Crippen LogP contribution >= 0.6 is 0 Å². The maximum atomic E-state index is 12.2. The molecule has 3 aliphatic carbocycles. The molecular formula is C14H22N2O2. The molecule has 1 spiro atoms. The van der Waals surface area contributed by atoms with Crippen LogP contribution in [0, 0.1) is 11.3 Å². The van der Waals surface area contributed by atoms with Crippen LogP contribution in [0.4, 0.5) is 0 Å². The molecule has 3 rings (SSSR count). The van der Waals surface area contributed by atoms with Crippen molar-refractivity contribution < 1.29 is 9.59 Å². The molecule has 2 amide bonds. The monoisotopic (exact) mass is 250 g/mol. The molecule has 3 saturated carbocycles. The summed E-state index contributed by atoms with van der Waals surface area (Å²) in [5.74, 6) is -0.103. The molecule has 0 aliphatic heterocycles. The Morgan fingerprint density at radius 1 is 1.00 bits per heavy atom. The van der Waals surface area contributed by atoms with Gasteiger partial charge in [-0.05, 0) is 37.5 Å². The fraction of sp³-hybridized carbons (Fsp3) is 0.857. The summed E-state index contributed by atoms with van der Waals surface area (Å²) < 4.78 is 0. The second-order valence-corrected chi connectivity index (χ2v) is 6.47. The first-order valence-electron chi connectivity index (χ1n) is 7.20. The Balaban J connectivity index is 1.69. The van der Waals surface area contributed by atoms with Crippen molar-refractivity contribution in [1.29, 1.82) is 0 Å². The van der Waals surface area contributed by atoms with Gasteiger partial charge in [-0.15, -0.1) is 0 Å². The van der Waals surface area contributed by atoms with Crippen LogP contribution in [0.2, 0.25) is 0 Å². The zero-order valence-corrected chi connectivity index (χ0v) is 10.8. The van der Waals surface area contributed by atoms with Crippen LogP contribution in [-0.2, 0) is 9.59 Å². The van der Waals surface area contributed by atoms with Gasteiger partial charge in [-0.1, -0.05) is 25.7 Å². The van der Waals surface area contributed by atoms with Crippen LogP contribution in [0.5, 0.6) is 0 Å². The third-order valence-corrected chi connectivity index (χ3v) is 5.19. The van der Waals surface area contributed by atoms with Crippen molar-refractivity contribution in [2.75, 3.05) is 0 Å². The predicted octanol–water partition coefficient (Wildman–Crippen LogP) is 1.48. The molecule has 4 nitrogen and oxygen atoms in total. The number of carbonyl (C=O) groups is 2. The lowest BCUT2D eigenvalue weighted by molar-refractivity contribution is -0.133. The predicted molar refractivity (Wildman–Crippen MR) is 67.5 cm³/mol. The van der Waals surface area contributed by atoms with Crippen molar-refractivity contribution in [3.63, 3.8) is 0 Å². The molecule has 3 N–H and O–H groups in total. The van der Waals surface area contributed by atoms with Gasteiger partial charge in [0.05, 0.1) is 0 Å². The molecule has 0 saturated heterocycles. The summed E-state index contributed by atoms with van der Waals surface area (Å²) in [6.45, 7) is 0. The zero-order chi connectivity index (χ0) is 12.8. The van der Waals surface area contributed by atoms with E-state index >= 15 is 0 Å². The molecule has 100 valence electrons. The van der Waals surface area contributed by atoms with Crippen molar-refractivity contribution in [2.45, 2.75) is 63.3 Å². The van der Waals surface area contributed by atoms with E-state index in [1.165, 1.54) is 12.8 Å². The molecule has 0 bridgehead atoms. The van der Waals surface area contributed by atoms with E-state index in [4.69, 9.17) is 5.73 Å². The number of hydrogen-bond donors (Lipinski definition) is 2. The largest absolute Gasteiger partial charge is 0.368 e.